The molecule has 1 amide bonds. The number of amides is 1. The van der Waals surface area contributed by atoms with Crippen molar-refractivity contribution in [2.45, 2.75) is 20.3 Å². The molecule has 0 spiro atoms. The highest BCUT2D eigenvalue weighted by Crippen LogP contribution is 2.20. The number of hydrogen-bond acceptors (Lipinski definition) is 2. The fourth-order valence-electron chi connectivity index (χ4n) is 1.72. The first kappa shape index (κ1) is 14.9. The normalized spacial score (nSPS) is 10.2. The zero-order valence-corrected chi connectivity index (χ0v) is 12.1. The monoisotopic (exact) mass is 284 g/mol. The molecule has 1 aromatic rings. The van der Waals surface area contributed by atoms with Crippen molar-refractivity contribution in [3.63, 3.8) is 0 Å². The number of carbonyl (C=O) groups excluding carboxylic acids is 1. The summed E-state index contributed by atoms with van der Waals surface area (Å²) in [6.45, 7) is 4.77. The minimum Gasteiger partial charge on any atom is -0.392 e. The summed E-state index contributed by atoms with van der Waals surface area (Å²) in [5.74, 6) is -0.0790. The van der Waals surface area contributed by atoms with Crippen LogP contribution in [0.3, 0.4) is 0 Å². The maximum atomic E-state index is 12.4. The Hall–Kier alpha value is -1.13. The summed E-state index contributed by atoms with van der Waals surface area (Å²) in [6, 6.07) is 5.31. The highest BCUT2D eigenvalue weighted by atomic mass is 35.5. The minimum atomic E-state index is -0.0790. The average Bonchev–Trinajstić information content (AvgIpc) is 2.31. The van der Waals surface area contributed by atoms with E-state index in [1.807, 2.05) is 13.8 Å². The minimum absolute atomic E-state index is 0.0790. The topological polar surface area (TPSA) is 46.3 Å². The van der Waals surface area contributed by atoms with Crippen molar-refractivity contribution in [1.29, 1.82) is 0 Å². The Labute approximate surface area is 118 Å². The van der Waals surface area contributed by atoms with Gasteiger partial charge in [0.05, 0.1) is 11.5 Å². The Morgan fingerprint density at radius 1 is 1.50 bits per heavy atom. The van der Waals surface area contributed by atoms with Crippen LogP contribution in [0.1, 0.15) is 29.3 Å². The predicted molar refractivity (Wildman–Crippen MR) is 79.2 cm³/mol. The predicted octanol–water partition coefficient (Wildman–Crippen LogP) is 2.79. The lowest BCUT2D eigenvalue weighted by Crippen LogP contribution is -2.38. The van der Waals surface area contributed by atoms with E-state index < -0.39 is 0 Å². The molecule has 0 fully saturated rings. The van der Waals surface area contributed by atoms with E-state index in [-0.39, 0.29) is 5.91 Å². The van der Waals surface area contributed by atoms with Crippen LogP contribution in [0.5, 0.6) is 0 Å². The zero-order valence-electron chi connectivity index (χ0n) is 10.6. The Kier molecular flexibility index (Phi) is 5.56. The second-order valence-corrected chi connectivity index (χ2v) is 5.04. The van der Waals surface area contributed by atoms with E-state index in [9.17, 15) is 4.79 Å². The lowest BCUT2D eigenvalue weighted by atomic mass is 10.1. The van der Waals surface area contributed by atoms with Crippen LogP contribution >= 0.6 is 23.8 Å². The molecular weight excluding hydrogens is 268 g/mol. The Bertz CT molecular complexity index is 462. The molecule has 0 saturated carbocycles. The molecular formula is C13H17ClN2OS. The van der Waals surface area contributed by atoms with Crippen LogP contribution in [0.15, 0.2) is 18.2 Å². The maximum absolute atomic E-state index is 12.4. The second-order valence-electron chi connectivity index (χ2n) is 4.11. The molecule has 3 nitrogen and oxygen atoms in total. The molecule has 0 aliphatic rings. The molecule has 98 valence electrons. The third kappa shape index (κ3) is 3.68. The van der Waals surface area contributed by atoms with Crippen LogP contribution in [0.25, 0.3) is 0 Å². The number of rotatable bonds is 5. The van der Waals surface area contributed by atoms with Gasteiger partial charge in [0.15, 0.2) is 0 Å². The van der Waals surface area contributed by atoms with Gasteiger partial charge in [0.2, 0.25) is 0 Å². The van der Waals surface area contributed by atoms with Crippen LogP contribution in [-0.2, 0) is 0 Å². The largest absolute Gasteiger partial charge is 0.392 e. The summed E-state index contributed by atoms with van der Waals surface area (Å²) in [5, 5.41) is 0.590. The molecule has 0 heterocycles. The molecule has 0 radical (unpaired) electrons. The summed E-state index contributed by atoms with van der Waals surface area (Å²) in [6.07, 6.45) is 0.855. The number of thiocarbonyl (C=S) groups is 1. The summed E-state index contributed by atoms with van der Waals surface area (Å²) in [4.78, 5) is 14.4. The van der Waals surface area contributed by atoms with Crippen LogP contribution in [0.4, 0.5) is 0 Å². The van der Waals surface area contributed by atoms with Crippen LogP contribution in [0.2, 0.25) is 5.02 Å². The lowest BCUT2D eigenvalue weighted by Gasteiger charge is -2.22. The molecule has 1 rings (SSSR count). The molecule has 0 saturated heterocycles. The zero-order chi connectivity index (χ0) is 13.7. The van der Waals surface area contributed by atoms with Crippen molar-refractivity contribution < 1.29 is 4.79 Å². The van der Waals surface area contributed by atoms with Crippen molar-refractivity contribution in [3.8, 4) is 0 Å². The average molecular weight is 285 g/mol. The number of nitrogens with zero attached hydrogens (tertiary/aromatic N) is 1. The van der Waals surface area contributed by atoms with Gasteiger partial charge >= 0.3 is 0 Å². The number of halogens is 1. The Balaban J connectivity index is 3.01. The summed E-state index contributed by atoms with van der Waals surface area (Å²) in [5.41, 5.74) is 6.91. The van der Waals surface area contributed by atoms with E-state index in [4.69, 9.17) is 29.6 Å². The van der Waals surface area contributed by atoms with Crippen molar-refractivity contribution in [2.75, 3.05) is 13.1 Å². The molecule has 0 aromatic heterocycles. The molecule has 5 heteroatoms. The van der Waals surface area contributed by atoms with E-state index in [1.54, 1.807) is 23.1 Å². The maximum Gasteiger partial charge on any atom is 0.254 e. The second kappa shape index (κ2) is 6.71. The third-order valence-electron chi connectivity index (χ3n) is 2.63. The molecule has 0 aliphatic heterocycles. The fourth-order valence-corrected chi connectivity index (χ4v) is 2.05. The number of carbonyl (C=O) groups is 1. The van der Waals surface area contributed by atoms with Gasteiger partial charge in [0.1, 0.15) is 0 Å². The van der Waals surface area contributed by atoms with Gasteiger partial charge in [-0.15, -0.1) is 0 Å². The summed E-state index contributed by atoms with van der Waals surface area (Å²) >= 11 is 10.9. The first-order chi connectivity index (χ1) is 8.47. The lowest BCUT2D eigenvalue weighted by molar-refractivity contribution is 0.0779. The van der Waals surface area contributed by atoms with Gasteiger partial charge in [0, 0.05) is 17.1 Å². The Morgan fingerprint density at radius 2 is 2.17 bits per heavy atom. The van der Waals surface area contributed by atoms with Gasteiger partial charge in [-0.3, -0.25) is 4.79 Å². The van der Waals surface area contributed by atoms with Gasteiger partial charge in [0.25, 0.3) is 5.91 Å². The molecule has 0 bridgehead atoms. The van der Waals surface area contributed by atoms with Gasteiger partial charge < -0.3 is 10.6 Å². The van der Waals surface area contributed by atoms with Crippen molar-refractivity contribution in [2.24, 2.45) is 5.73 Å². The molecule has 2 N–H and O–H groups in total. The van der Waals surface area contributed by atoms with Gasteiger partial charge in [-0.25, -0.2) is 0 Å². The molecule has 0 atom stereocenters. The summed E-state index contributed by atoms with van der Waals surface area (Å²) in [7, 11) is 0. The molecule has 18 heavy (non-hydrogen) atoms. The van der Waals surface area contributed by atoms with Gasteiger partial charge in [-0.1, -0.05) is 36.8 Å². The van der Waals surface area contributed by atoms with Gasteiger partial charge in [-0.05, 0) is 31.0 Å². The molecule has 0 unspecified atom stereocenters. The van der Waals surface area contributed by atoms with Crippen molar-refractivity contribution in [1.82, 2.24) is 4.90 Å². The van der Waals surface area contributed by atoms with E-state index in [1.165, 1.54) is 0 Å². The number of nitrogens with two attached hydrogens (primary N) is 1. The van der Waals surface area contributed by atoms with Crippen LogP contribution < -0.4 is 5.73 Å². The van der Waals surface area contributed by atoms with E-state index in [0.29, 0.717) is 28.7 Å². The molecule has 0 aliphatic carbocycles. The van der Waals surface area contributed by atoms with Crippen molar-refractivity contribution in [3.05, 3.63) is 34.3 Å². The smallest absolute Gasteiger partial charge is 0.254 e. The van der Waals surface area contributed by atoms with E-state index >= 15 is 0 Å². The number of benzene rings is 1. The van der Waals surface area contributed by atoms with Gasteiger partial charge in [-0.2, -0.15) is 0 Å². The first-order valence-electron chi connectivity index (χ1n) is 5.80. The quantitative estimate of drug-likeness (QED) is 0.846. The Morgan fingerprint density at radius 3 is 2.72 bits per heavy atom. The molecule has 1 aromatic carbocycles. The SMILES string of the molecule is CCCN(CC(N)=S)C(=O)c1cccc(Cl)c1C. The highest BCUT2D eigenvalue weighted by molar-refractivity contribution is 7.80. The first-order valence-corrected chi connectivity index (χ1v) is 6.58. The standard InChI is InChI=1S/C13H17ClN2OS/c1-3-7-16(8-12(15)18)13(17)10-5-4-6-11(14)9(10)2/h4-6H,3,7-8H2,1-2H3,(H2,15,18). The van der Waals surface area contributed by atoms with E-state index in [2.05, 4.69) is 0 Å². The van der Waals surface area contributed by atoms with E-state index in [0.717, 1.165) is 12.0 Å². The number of hydrogen-bond donors (Lipinski definition) is 1. The fraction of sp³-hybridized carbons (Fsp3) is 0.385. The van der Waals surface area contributed by atoms with Crippen LogP contribution in [0, 0.1) is 6.92 Å². The third-order valence-corrected chi connectivity index (χ3v) is 3.16. The van der Waals surface area contributed by atoms with Crippen LogP contribution in [-0.4, -0.2) is 28.9 Å². The highest BCUT2D eigenvalue weighted by Gasteiger charge is 2.18. The van der Waals surface area contributed by atoms with Crippen molar-refractivity contribution >= 4 is 34.7 Å². The summed E-state index contributed by atoms with van der Waals surface area (Å²) < 4.78 is 0.